The van der Waals surface area contributed by atoms with E-state index in [4.69, 9.17) is 0 Å². The Morgan fingerprint density at radius 1 is 0.882 bits per heavy atom. The summed E-state index contributed by atoms with van der Waals surface area (Å²) in [5.74, 6) is 0.587. The van der Waals surface area contributed by atoms with Gasteiger partial charge in [0, 0.05) is 0 Å². The molecule has 17 heavy (non-hydrogen) atoms. The van der Waals surface area contributed by atoms with Crippen molar-refractivity contribution in [3.63, 3.8) is 0 Å². The average Bonchev–Trinajstić information content (AvgIpc) is 2.40. The van der Waals surface area contributed by atoms with Crippen molar-refractivity contribution in [3.05, 3.63) is 71.3 Å². The van der Waals surface area contributed by atoms with Crippen molar-refractivity contribution in [3.8, 4) is 0 Å². The van der Waals surface area contributed by atoms with Gasteiger partial charge in [-0.25, -0.2) is 0 Å². The van der Waals surface area contributed by atoms with Crippen molar-refractivity contribution < 1.29 is 0 Å². The summed E-state index contributed by atoms with van der Waals surface area (Å²) >= 11 is 0. The normalized spacial score (nSPS) is 12.4. The molecule has 2 aromatic carbocycles. The maximum atomic E-state index is 2.34. The van der Waals surface area contributed by atoms with E-state index in [0.29, 0.717) is 5.92 Å². The average molecular weight is 224 g/mol. The minimum absolute atomic E-state index is 0.587. The SMILES string of the molecule is CCc1cccc(C(C)Cc2ccccc2)c1. The van der Waals surface area contributed by atoms with E-state index in [1.807, 2.05) is 0 Å². The molecule has 88 valence electrons. The summed E-state index contributed by atoms with van der Waals surface area (Å²) in [6.07, 6.45) is 2.24. The lowest BCUT2D eigenvalue weighted by Crippen LogP contribution is -1.99. The predicted octanol–water partition coefficient (Wildman–Crippen LogP) is 4.60. The fraction of sp³-hybridized carbons (Fsp3) is 0.294. The Balaban J connectivity index is 2.11. The first-order valence-electron chi connectivity index (χ1n) is 6.42. The molecule has 1 atom stereocenters. The fourth-order valence-electron chi connectivity index (χ4n) is 2.21. The highest BCUT2D eigenvalue weighted by Crippen LogP contribution is 2.21. The second-order valence-corrected chi connectivity index (χ2v) is 4.69. The molecule has 0 radical (unpaired) electrons. The zero-order valence-electron chi connectivity index (χ0n) is 10.7. The molecule has 0 saturated carbocycles. The van der Waals surface area contributed by atoms with Gasteiger partial charge in [0.25, 0.3) is 0 Å². The van der Waals surface area contributed by atoms with Crippen molar-refractivity contribution in [1.29, 1.82) is 0 Å². The summed E-state index contributed by atoms with van der Waals surface area (Å²) in [6.45, 7) is 4.52. The second kappa shape index (κ2) is 5.67. The molecule has 0 aromatic heterocycles. The van der Waals surface area contributed by atoms with Crippen LogP contribution in [0.5, 0.6) is 0 Å². The zero-order valence-corrected chi connectivity index (χ0v) is 10.7. The molecule has 0 amide bonds. The zero-order chi connectivity index (χ0) is 12.1. The van der Waals surface area contributed by atoms with Crippen LogP contribution in [0.3, 0.4) is 0 Å². The van der Waals surface area contributed by atoms with Gasteiger partial charge in [0.05, 0.1) is 0 Å². The number of hydrogen-bond donors (Lipinski definition) is 0. The molecule has 0 nitrogen and oxygen atoms in total. The van der Waals surface area contributed by atoms with Gasteiger partial charge in [0.2, 0.25) is 0 Å². The van der Waals surface area contributed by atoms with Crippen LogP contribution in [0.4, 0.5) is 0 Å². The summed E-state index contributed by atoms with van der Waals surface area (Å²) in [6, 6.07) is 19.7. The van der Waals surface area contributed by atoms with Crippen molar-refractivity contribution in [2.75, 3.05) is 0 Å². The van der Waals surface area contributed by atoms with Crippen LogP contribution in [-0.2, 0) is 12.8 Å². The molecule has 0 aliphatic rings. The third kappa shape index (κ3) is 3.20. The fourth-order valence-corrected chi connectivity index (χ4v) is 2.21. The highest BCUT2D eigenvalue weighted by molar-refractivity contribution is 5.28. The summed E-state index contributed by atoms with van der Waals surface area (Å²) in [7, 11) is 0. The minimum atomic E-state index is 0.587. The van der Waals surface area contributed by atoms with Crippen LogP contribution in [0, 0.1) is 0 Å². The van der Waals surface area contributed by atoms with E-state index in [2.05, 4.69) is 68.4 Å². The van der Waals surface area contributed by atoms with E-state index in [1.165, 1.54) is 16.7 Å². The van der Waals surface area contributed by atoms with Crippen LogP contribution in [0.2, 0.25) is 0 Å². The molecule has 0 saturated heterocycles. The van der Waals surface area contributed by atoms with E-state index in [-0.39, 0.29) is 0 Å². The van der Waals surface area contributed by atoms with E-state index < -0.39 is 0 Å². The van der Waals surface area contributed by atoms with E-state index >= 15 is 0 Å². The molecular formula is C17H20. The van der Waals surface area contributed by atoms with Crippen LogP contribution >= 0.6 is 0 Å². The Morgan fingerprint density at radius 3 is 2.29 bits per heavy atom. The second-order valence-electron chi connectivity index (χ2n) is 4.69. The van der Waals surface area contributed by atoms with Crippen molar-refractivity contribution in [2.45, 2.75) is 32.6 Å². The Labute approximate surface area is 104 Å². The molecule has 2 aromatic rings. The van der Waals surface area contributed by atoms with Gasteiger partial charge in [-0.2, -0.15) is 0 Å². The third-order valence-corrected chi connectivity index (χ3v) is 3.31. The number of aryl methyl sites for hydroxylation is 1. The first-order chi connectivity index (χ1) is 8.29. The topological polar surface area (TPSA) is 0 Å². The summed E-state index contributed by atoms with van der Waals surface area (Å²) < 4.78 is 0. The highest BCUT2D eigenvalue weighted by atomic mass is 14.1. The van der Waals surface area contributed by atoms with Crippen LogP contribution in [0.25, 0.3) is 0 Å². The van der Waals surface area contributed by atoms with Gasteiger partial charge >= 0.3 is 0 Å². The smallest absolute Gasteiger partial charge is 0.0150 e. The number of benzene rings is 2. The highest BCUT2D eigenvalue weighted by Gasteiger charge is 2.06. The summed E-state index contributed by atoms with van der Waals surface area (Å²) in [5.41, 5.74) is 4.30. The predicted molar refractivity (Wildman–Crippen MR) is 74.4 cm³/mol. The van der Waals surface area contributed by atoms with Crippen LogP contribution in [0.15, 0.2) is 54.6 Å². The molecule has 0 aliphatic heterocycles. The van der Waals surface area contributed by atoms with Gasteiger partial charge in [-0.1, -0.05) is 68.4 Å². The third-order valence-electron chi connectivity index (χ3n) is 3.31. The standard InChI is InChI=1S/C17H20/c1-3-15-10-7-11-17(13-15)14(2)12-16-8-5-4-6-9-16/h4-11,13-14H,3,12H2,1-2H3. The number of rotatable bonds is 4. The Morgan fingerprint density at radius 2 is 1.59 bits per heavy atom. The number of hydrogen-bond acceptors (Lipinski definition) is 0. The van der Waals surface area contributed by atoms with Gasteiger partial charge < -0.3 is 0 Å². The van der Waals surface area contributed by atoms with Crippen LogP contribution in [-0.4, -0.2) is 0 Å². The Hall–Kier alpha value is -1.56. The molecule has 0 fully saturated rings. The quantitative estimate of drug-likeness (QED) is 0.712. The molecule has 0 heterocycles. The molecule has 0 bridgehead atoms. The van der Waals surface area contributed by atoms with Gasteiger partial charge in [-0.05, 0) is 35.4 Å². The first-order valence-corrected chi connectivity index (χ1v) is 6.42. The molecule has 2 rings (SSSR count). The lowest BCUT2D eigenvalue weighted by Gasteiger charge is -2.13. The van der Waals surface area contributed by atoms with Gasteiger partial charge in [0.15, 0.2) is 0 Å². The van der Waals surface area contributed by atoms with Crippen LogP contribution < -0.4 is 0 Å². The molecular weight excluding hydrogens is 204 g/mol. The van der Waals surface area contributed by atoms with E-state index in [9.17, 15) is 0 Å². The largest absolute Gasteiger partial charge is 0.0622 e. The van der Waals surface area contributed by atoms with Gasteiger partial charge in [-0.15, -0.1) is 0 Å². The molecule has 0 heteroatoms. The van der Waals surface area contributed by atoms with Crippen molar-refractivity contribution in [1.82, 2.24) is 0 Å². The maximum absolute atomic E-state index is 2.34. The Kier molecular flexibility index (Phi) is 3.98. The van der Waals surface area contributed by atoms with E-state index in [0.717, 1.165) is 12.8 Å². The minimum Gasteiger partial charge on any atom is -0.0622 e. The molecule has 0 N–H and O–H groups in total. The summed E-state index contributed by atoms with van der Waals surface area (Å²) in [5, 5.41) is 0. The van der Waals surface area contributed by atoms with E-state index in [1.54, 1.807) is 0 Å². The van der Waals surface area contributed by atoms with Crippen LogP contribution in [0.1, 0.15) is 36.5 Å². The monoisotopic (exact) mass is 224 g/mol. The molecule has 0 aliphatic carbocycles. The lowest BCUT2D eigenvalue weighted by atomic mass is 9.92. The molecule has 1 unspecified atom stereocenters. The summed E-state index contributed by atoms with van der Waals surface area (Å²) in [4.78, 5) is 0. The van der Waals surface area contributed by atoms with Crippen molar-refractivity contribution in [2.24, 2.45) is 0 Å². The first kappa shape index (κ1) is 11.9. The molecule has 0 spiro atoms. The maximum Gasteiger partial charge on any atom is -0.0150 e. The Bertz CT molecular complexity index is 456. The lowest BCUT2D eigenvalue weighted by molar-refractivity contribution is 0.757. The van der Waals surface area contributed by atoms with Gasteiger partial charge in [0.1, 0.15) is 0 Å². The van der Waals surface area contributed by atoms with Gasteiger partial charge in [-0.3, -0.25) is 0 Å². The van der Waals surface area contributed by atoms with Crippen molar-refractivity contribution >= 4 is 0 Å².